The van der Waals surface area contributed by atoms with Gasteiger partial charge in [0.2, 0.25) is 0 Å². The monoisotopic (exact) mass is 375 g/mol. The maximum atomic E-state index is 6.29. The number of rotatable bonds is 4. The van der Waals surface area contributed by atoms with Gasteiger partial charge in [-0.2, -0.15) is 5.10 Å². The van der Waals surface area contributed by atoms with Gasteiger partial charge in [-0.15, -0.1) is 0 Å². The summed E-state index contributed by atoms with van der Waals surface area (Å²) in [6.07, 6.45) is 0.663. The number of halogens is 3. The van der Waals surface area contributed by atoms with E-state index in [9.17, 15) is 0 Å². The third kappa shape index (κ3) is 3.19. The van der Waals surface area contributed by atoms with Gasteiger partial charge in [0.25, 0.3) is 0 Å². The van der Waals surface area contributed by atoms with Crippen molar-refractivity contribution in [3.8, 4) is 0 Å². The SMILES string of the molecule is CCn1nc(C)c(Br)c1CC(N)c1ccc(Cl)cc1Cl. The Bertz CT molecular complexity index is 625. The van der Waals surface area contributed by atoms with Crippen molar-refractivity contribution in [1.29, 1.82) is 0 Å². The zero-order valence-electron chi connectivity index (χ0n) is 11.3. The number of aryl methyl sites for hydroxylation is 2. The molecule has 108 valence electrons. The average Bonchev–Trinajstić information content (AvgIpc) is 2.66. The summed E-state index contributed by atoms with van der Waals surface area (Å²) < 4.78 is 2.98. The molecule has 2 rings (SSSR count). The lowest BCUT2D eigenvalue weighted by Gasteiger charge is -2.15. The molecule has 0 amide bonds. The van der Waals surface area contributed by atoms with E-state index in [1.807, 2.05) is 17.7 Å². The zero-order chi connectivity index (χ0) is 14.9. The maximum Gasteiger partial charge on any atom is 0.0738 e. The van der Waals surface area contributed by atoms with Gasteiger partial charge in [0.1, 0.15) is 0 Å². The molecule has 3 nitrogen and oxygen atoms in total. The van der Waals surface area contributed by atoms with Crippen molar-refractivity contribution in [3.63, 3.8) is 0 Å². The van der Waals surface area contributed by atoms with Crippen LogP contribution < -0.4 is 5.73 Å². The van der Waals surface area contributed by atoms with Crippen molar-refractivity contribution >= 4 is 39.1 Å². The summed E-state index contributed by atoms with van der Waals surface area (Å²) in [5.74, 6) is 0. The Kier molecular flexibility index (Phi) is 5.13. The van der Waals surface area contributed by atoms with Crippen LogP contribution in [-0.4, -0.2) is 9.78 Å². The topological polar surface area (TPSA) is 43.8 Å². The lowest BCUT2D eigenvalue weighted by Crippen LogP contribution is -2.17. The molecular formula is C14H16BrCl2N3. The first-order valence-corrected chi connectivity index (χ1v) is 7.91. The van der Waals surface area contributed by atoms with Crippen LogP contribution in [0.4, 0.5) is 0 Å². The summed E-state index contributed by atoms with van der Waals surface area (Å²) in [4.78, 5) is 0. The van der Waals surface area contributed by atoms with Crippen LogP contribution in [-0.2, 0) is 13.0 Å². The largest absolute Gasteiger partial charge is 0.324 e. The molecule has 0 fully saturated rings. The Morgan fingerprint density at radius 2 is 2.10 bits per heavy atom. The summed E-state index contributed by atoms with van der Waals surface area (Å²) in [5.41, 5.74) is 9.24. The highest BCUT2D eigenvalue weighted by molar-refractivity contribution is 9.10. The second-order valence-corrected chi connectivity index (χ2v) is 6.27. The van der Waals surface area contributed by atoms with Crippen LogP contribution in [0.1, 0.15) is 29.9 Å². The van der Waals surface area contributed by atoms with E-state index in [0.717, 1.165) is 28.0 Å². The summed E-state index contributed by atoms with van der Waals surface area (Å²) in [6, 6.07) is 5.20. The van der Waals surface area contributed by atoms with Crippen molar-refractivity contribution in [2.75, 3.05) is 0 Å². The Morgan fingerprint density at radius 3 is 2.70 bits per heavy atom. The van der Waals surface area contributed by atoms with E-state index < -0.39 is 0 Å². The minimum Gasteiger partial charge on any atom is -0.324 e. The summed E-state index contributed by atoms with van der Waals surface area (Å²) in [7, 11) is 0. The lowest BCUT2D eigenvalue weighted by atomic mass is 10.0. The molecule has 1 unspecified atom stereocenters. The fourth-order valence-corrected chi connectivity index (χ4v) is 3.18. The molecule has 0 aliphatic carbocycles. The molecule has 1 atom stereocenters. The molecule has 6 heteroatoms. The number of hydrogen-bond donors (Lipinski definition) is 1. The van der Waals surface area contributed by atoms with Crippen molar-refractivity contribution in [1.82, 2.24) is 9.78 Å². The number of nitrogens with two attached hydrogens (primary N) is 1. The van der Waals surface area contributed by atoms with Gasteiger partial charge in [0.05, 0.1) is 15.9 Å². The van der Waals surface area contributed by atoms with E-state index >= 15 is 0 Å². The maximum absolute atomic E-state index is 6.29. The number of benzene rings is 1. The van der Waals surface area contributed by atoms with E-state index in [2.05, 4.69) is 28.0 Å². The Hall–Kier alpha value is -0.550. The van der Waals surface area contributed by atoms with Gasteiger partial charge in [-0.1, -0.05) is 29.3 Å². The fourth-order valence-electron chi connectivity index (χ4n) is 2.18. The van der Waals surface area contributed by atoms with E-state index in [4.69, 9.17) is 28.9 Å². The Balaban J connectivity index is 2.30. The molecule has 0 spiro atoms. The molecule has 2 aromatic rings. The van der Waals surface area contributed by atoms with Gasteiger partial charge in [-0.05, 0) is 47.5 Å². The lowest BCUT2D eigenvalue weighted by molar-refractivity contribution is 0.586. The fraction of sp³-hybridized carbons (Fsp3) is 0.357. The molecule has 0 aliphatic heterocycles. The first-order chi connectivity index (χ1) is 9.43. The average molecular weight is 377 g/mol. The van der Waals surface area contributed by atoms with Gasteiger partial charge in [0, 0.05) is 29.1 Å². The van der Waals surface area contributed by atoms with Crippen molar-refractivity contribution < 1.29 is 0 Å². The standard InChI is InChI=1S/C14H16BrCl2N3/c1-3-20-13(14(15)8(2)19-20)7-12(18)10-5-4-9(16)6-11(10)17/h4-6,12H,3,7,18H2,1-2H3. The predicted octanol–water partition coefficient (Wildman–Crippen LogP) is 4.52. The molecule has 1 heterocycles. The van der Waals surface area contributed by atoms with Crippen molar-refractivity contribution in [2.45, 2.75) is 32.9 Å². The number of hydrogen-bond acceptors (Lipinski definition) is 2. The molecule has 0 bridgehead atoms. The van der Waals surface area contributed by atoms with Crippen LogP contribution in [0.15, 0.2) is 22.7 Å². The third-order valence-electron chi connectivity index (χ3n) is 3.23. The van der Waals surface area contributed by atoms with E-state index in [0.29, 0.717) is 16.5 Å². The van der Waals surface area contributed by atoms with Crippen LogP contribution in [0.2, 0.25) is 10.0 Å². The minimum atomic E-state index is -0.197. The van der Waals surface area contributed by atoms with Crippen LogP contribution in [0, 0.1) is 6.92 Å². The summed E-state index contributed by atoms with van der Waals surface area (Å²) in [5, 5.41) is 5.68. The number of nitrogens with zero attached hydrogens (tertiary/aromatic N) is 2. The highest BCUT2D eigenvalue weighted by Crippen LogP contribution is 2.30. The van der Waals surface area contributed by atoms with Crippen LogP contribution in [0.5, 0.6) is 0 Å². The van der Waals surface area contributed by atoms with Crippen LogP contribution >= 0.6 is 39.1 Å². The van der Waals surface area contributed by atoms with Gasteiger partial charge in [-0.3, -0.25) is 4.68 Å². The molecule has 1 aromatic carbocycles. The second kappa shape index (κ2) is 6.48. The van der Waals surface area contributed by atoms with E-state index in [1.165, 1.54) is 0 Å². The predicted molar refractivity (Wildman–Crippen MR) is 87.4 cm³/mol. The van der Waals surface area contributed by atoms with E-state index in [-0.39, 0.29) is 6.04 Å². The first kappa shape index (κ1) is 15.8. The first-order valence-electron chi connectivity index (χ1n) is 6.36. The summed E-state index contributed by atoms with van der Waals surface area (Å²) in [6.45, 7) is 4.84. The minimum absolute atomic E-state index is 0.197. The molecule has 0 saturated heterocycles. The van der Waals surface area contributed by atoms with Gasteiger partial charge >= 0.3 is 0 Å². The van der Waals surface area contributed by atoms with Gasteiger partial charge in [-0.25, -0.2) is 0 Å². The third-order valence-corrected chi connectivity index (χ3v) is 4.82. The molecule has 0 aliphatic rings. The number of aromatic nitrogens is 2. The van der Waals surface area contributed by atoms with E-state index in [1.54, 1.807) is 12.1 Å². The highest BCUT2D eigenvalue weighted by atomic mass is 79.9. The smallest absolute Gasteiger partial charge is 0.0738 e. The summed E-state index contributed by atoms with van der Waals surface area (Å²) >= 11 is 15.7. The quantitative estimate of drug-likeness (QED) is 0.852. The molecule has 20 heavy (non-hydrogen) atoms. The Labute approximate surface area is 137 Å². The highest BCUT2D eigenvalue weighted by Gasteiger charge is 2.18. The molecule has 2 N–H and O–H groups in total. The van der Waals surface area contributed by atoms with Crippen molar-refractivity contribution in [2.24, 2.45) is 5.73 Å². The molecule has 0 radical (unpaired) electrons. The normalized spacial score (nSPS) is 12.7. The Morgan fingerprint density at radius 1 is 1.40 bits per heavy atom. The second-order valence-electron chi connectivity index (χ2n) is 4.64. The zero-order valence-corrected chi connectivity index (χ0v) is 14.4. The van der Waals surface area contributed by atoms with Gasteiger partial charge < -0.3 is 5.73 Å². The van der Waals surface area contributed by atoms with Crippen molar-refractivity contribution in [3.05, 3.63) is 49.7 Å². The van der Waals surface area contributed by atoms with Crippen LogP contribution in [0.3, 0.4) is 0 Å². The molecule has 0 saturated carbocycles. The molecular weight excluding hydrogens is 361 g/mol. The molecule has 1 aromatic heterocycles. The van der Waals surface area contributed by atoms with Crippen LogP contribution in [0.25, 0.3) is 0 Å². The van der Waals surface area contributed by atoms with Gasteiger partial charge in [0.15, 0.2) is 0 Å².